The predicted octanol–water partition coefficient (Wildman–Crippen LogP) is 3.41. The van der Waals surface area contributed by atoms with Gasteiger partial charge in [-0.2, -0.15) is 4.98 Å². The molecule has 1 amide bonds. The number of anilines is 1. The summed E-state index contributed by atoms with van der Waals surface area (Å²) in [5, 5.41) is 10.7. The van der Waals surface area contributed by atoms with E-state index < -0.39 is 5.41 Å². The van der Waals surface area contributed by atoms with Gasteiger partial charge >= 0.3 is 0 Å². The molecule has 2 aromatic rings. The molecule has 0 unspecified atom stereocenters. The molecule has 0 atom stereocenters. The number of carbonyl (C=O) groups excluding carboxylic acids is 1. The summed E-state index contributed by atoms with van der Waals surface area (Å²) in [5.74, 6) is 1.56. The number of ether oxygens (including phenoxy) is 1. The molecule has 0 radical (unpaired) electrons. The first-order chi connectivity index (χ1) is 12.2. The molecule has 2 aliphatic rings. The molecule has 0 bridgehead atoms. The van der Waals surface area contributed by atoms with Crippen molar-refractivity contribution in [1.82, 2.24) is 15.2 Å². The summed E-state index contributed by atoms with van der Waals surface area (Å²) < 4.78 is 5.48. The van der Waals surface area contributed by atoms with Gasteiger partial charge in [0.05, 0.1) is 5.41 Å². The third-order valence-corrected chi connectivity index (χ3v) is 5.61. The van der Waals surface area contributed by atoms with Crippen LogP contribution >= 0.6 is 11.6 Å². The maximum Gasteiger partial charge on any atom is 0.248 e. The molecule has 7 heteroatoms. The minimum absolute atomic E-state index is 0.0998. The van der Waals surface area contributed by atoms with Gasteiger partial charge in [0.2, 0.25) is 11.9 Å². The van der Waals surface area contributed by atoms with Crippen LogP contribution in [0, 0.1) is 0 Å². The summed E-state index contributed by atoms with van der Waals surface area (Å²) in [5.41, 5.74) is 0.246. The van der Waals surface area contributed by atoms with Crippen LogP contribution in [0.3, 0.4) is 0 Å². The largest absolute Gasteiger partial charge is 0.381 e. The van der Waals surface area contributed by atoms with Crippen LogP contribution in [-0.2, 0) is 14.9 Å². The first-order valence-corrected chi connectivity index (χ1v) is 9.13. The molecule has 25 heavy (non-hydrogen) atoms. The molecule has 132 valence electrons. The zero-order chi connectivity index (χ0) is 17.3. The lowest BCUT2D eigenvalue weighted by atomic mass is 9.73. The van der Waals surface area contributed by atoms with E-state index in [0.717, 1.165) is 24.2 Å². The molecule has 1 aliphatic heterocycles. The number of hydrogen-bond donors (Lipinski definition) is 2. The number of halogens is 1. The molecule has 6 nitrogen and oxygen atoms in total. The Labute approximate surface area is 151 Å². The molecule has 1 saturated heterocycles. The highest BCUT2D eigenvalue weighted by molar-refractivity contribution is 6.30. The van der Waals surface area contributed by atoms with Gasteiger partial charge in [0.1, 0.15) is 5.82 Å². The number of benzene rings is 1. The summed E-state index contributed by atoms with van der Waals surface area (Å²) in [6.45, 7) is 1.09. The Morgan fingerprint density at radius 1 is 1.32 bits per heavy atom. The van der Waals surface area contributed by atoms with E-state index in [4.69, 9.17) is 16.3 Å². The number of carbonyl (C=O) groups is 1. The standard InChI is InChI=1S/C18H21ClN4O2/c19-14-6-2-5-13(11-14)18(7-9-25-10-8-18)16(24)21-17-20-15(22-23-17)12-3-1-4-12/h2,5-6,11-12H,1,3-4,7-10H2,(H2,20,21,22,23,24). The highest BCUT2D eigenvalue weighted by Gasteiger charge is 2.42. The van der Waals surface area contributed by atoms with E-state index in [-0.39, 0.29) is 5.91 Å². The molecule has 1 aromatic heterocycles. The average molecular weight is 361 g/mol. The quantitative estimate of drug-likeness (QED) is 0.875. The summed E-state index contributed by atoms with van der Waals surface area (Å²) >= 11 is 6.16. The number of hydrogen-bond acceptors (Lipinski definition) is 4. The minimum Gasteiger partial charge on any atom is -0.381 e. The number of aromatic nitrogens is 3. The number of aromatic amines is 1. The van der Waals surface area contributed by atoms with Crippen molar-refractivity contribution in [2.45, 2.75) is 43.4 Å². The zero-order valence-corrected chi connectivity index (χ0v) is 14.7. The summed E-state index contributed by atoms with van der Waals surface area (Å²) in [6, 6.07) is 7.51. The average Bonchev–Trinajstić information content (AvgIpc) is 3.01. The maximum absolute atomic E-state index is 13.2. The van der Waals surface area contributed by atoms with Crippen molar-refractivity contribution in [3.05, 3.63) is 40.7 Å². The van der Waals surface area contributed by atoms with Crippen molar-refractivity contribution in [3.63, 3.8) is 0 Å². The second-order valence-corrected chi connectivity index (χ2v) is 7.27. The normalized spacial score (nSPS) is 20.0. The minimum atomic E-state index is -0.666. The molecule has 0 spiro atoms. The Morgan fingerprint density at radius 2 is 2.12 bits per heavy atom. The van der Waals surface area contributed by atoms with Crippen LogP contribution in [-0.4, -0.2) is 34.3 Å². The van der Waals surface area contributed by atoms with Gasteiger partial charge < -0.3 is 4.74 Å². The first-order valence-electron chi connectivity index (χ1n) is 8.75. The summed E-state index contributed by atoms with van der Waals surface area (Å²) in [4.78, 5) is 17.6. The zero-order valence-electron chi connectivity index (χ0n) is 13.9. The van der Waals surface area contributed by atoms with E-state index in [9.17, 15) is 4.79 Å². The van der Waals surface area contributed by atoms with Crippen LogP contribution in [0.2, 0.25) is 5.02 Å². The monoisotopic (exact) mass is 360 g/mol. The smallest absolute Gasteiger partial charge is 0.248 e. The maximum atomic E-state index is 13.2. The Bertz CT molecular complexity index is 766. The molecule has 1 saturated carbocycles. The Balaban J connectivity index is 1.58. The van der Waals surface area contributed by atoms with Crippen molar-refractivity contribution in [2.24, 2.45) is 0 Å². The van der Waals surface area contributed by atoms with Crippen molar-refractivity contribution in [1.29, 1.82) is 0 Å². The van der Waals surface area contributed by atoms with Crippen molar-refractivity contribution in [2.75, 3.05) is 18.5 Å². The fourth-order valence-electron chi connectivity index (χ4n) is 3.57. The van der Waals surface area contributed by atoms with Crippen molar-refractivity contribution in [3.8, 4) is 0 Å². The van der Waals surface area contributed by atoms with Gasteiger partial charge in [-0.05, 0) is 43.4 Å². The van der Waals surface area contributed by atoms with Crippen molar-refractivity contribution >= 4 is 23.5 Å². The SMILES string of the molecule is O=C(Nc1n[nH]c(C2CCC2)n1)C1(c2cccc(Cl)c2)CCOCC1. The molecule has 2 fully saturated rings. The fourth-order valence-corrected chi connectivity index (χ4v) is 3.76. The van der Waals surface area contributed by atoms with Gasteiger partial charge in [-0.15, -0.1) is 5.10 Å². The molecule has 2 heterocycles. The van der Waals surface area contributed by atoms with Gasteiger partial charge in [-0.1, -0.05) is 30.2 Å². The number of nitrogens with zero attached hydrogens (tertiary/aromatic N) is 2. The third-order valence-electron chi connectivity index (χ3n) is 5.38. The highest BCUT2D eigenvalue weighted by atomic mass is 35.5. The Morgan fingerprint density at radius 3 is 2.80 bits per heavy atom. The van der Waals surface area contributed by atoms with E-state index in [1.165, 1.54) is 6.42 Å². The van der Waals surface area contributed by atoms with E-state index in [0.29, 0.717) is 42.9 Å². The van der Waals surface area contributed by atoms with Crippen LogP contribution in [0.25, 0.3) is 0 Å². The number of amides is 1. The number of nitrogens with one attached hydrogen (secondary N) is 2. The first kappa shape index (κ1) is 16.5. The van der Waals surface area contributed by atoms with Crippen molar-refractivity contribution < 1.29 is 9.53 Å². The van der Waals surface area contributed by atoms with Crippen LogP contribution in [0.15, 0.2) is 24.3 Å². The molecule has 1 aliphatic carbocycles. The van der Waals surface area contributed by atoms with E-state index in [1.54, 1.807) is 0 Å². The topological polar surface area (TPSA) is 79.9 Å². The Kier molecular flexibility index (Phi) is 4.48. The van der Waals surface area contributed by atoms with Crippen LogP contribution in [0.5, 0.6) is 0 Å². The van der Waals surface area contributed by atoms with Crippen LogP contribution in [0.4, 0.5) is 5.95 Å². The predicted molar refractivity (Wildman–Crippen MR) is 94.8 cm³/mol. The fraction of sp³-hybridized carbons (Fsp3) is 0.500. The molecule has 2 N–H and O–H groups in total. The van der Waals surface area contributed by atoms with Gasteiger partial charge in [-0.25, -0.2) is 0 Å². The number of rotatable bonds is 4. The summed E-state index contributed by atoms with van der Waals surface area (Å²) in [7, 11) is 0. The van der Waals surface area contributed by atoms with Crippen LogP contribution < -0.4 is 5.32 Å². The molecular weight excluding hydrogens is 340 g/mol. The van der Waals surface area contributed by atoms with Crippen LogP contribution in [0.1, 0.15) is 49.4 Å². The number of H-pyrrole nitrogens is 1. The van der Waals surface area contributed by atoms with Gasteiger partial charge in [0, 0.05) is 24.2 Å². The highest BCUT2D eigenvalue weighted by Crippen LogP contribution is 2.37. The van der Waals surface area contributed by atoms with E-state index in [2.05, 4.69) is 20.5 Å². The van der Waals surface area contributed by atoms with Gasteiger partial charge in [-0.3, -0.25) is 15.2 Å². The summed E-state index contributed by atoms with van der Waals surface area (Å²) in [6.07, 6.45) is 4.71. The second kappa shape index (κ2) is 6.77. The second-order valence-electron chi connectivity index (χ2n) is 6.83. The van der Waals surface area contributed by atoms with E-state index in [1.807, 2.05) is 24.3 Å². The molecule has 4 rings (SSSR count). The molecular formula is C18H21ClN4O2. The lowest BCUT2D eigenvalue weighted by molar-refractivity contribution is -0.125. The third kappa shape index (κ3) is 3.16. The lowest BCUT2D eigenvalue weighted by Crippen LogP contribution is -2.45. The molecule has 1 aromatic carbocycles. The Hall–Kier alpha value is -1.92. The lowest BCUT2D eigenvalue weighted by Gasteiger charge is -2.36. The van der Waals surface area contributed by atoms with E-state index >= 15 is 0 Å². The van der Waals surface area contributed by atoms with Gasteiger partial charge in [0.25, 0.3) is 0 Å². The van der Waals surface area contributed by atoms with Gasteiger partial charge in [0.15, 0.2) is 0 Å².